The summed E-state index contributed by atoms with van der Waals surface area (Å²) in [5.74, 6) is -5.67. The number of carbonyl (C=O) groups excluding carboxylic acids is 6. The second-order valence-corrected chi connectivity index (χ2v) is 11.8. The molecule has 14 nitrogen and oxygen atoms in total. The van der Waals surface area contributed by atoms with Crippen LogP contribution in [0, 0.1) is 5.92 Å². The van der Waals surface area contributed by atoms with Gasteiger partial charge in [-0.05, 0) is 61.6 Å². The van der Waals surface area contributed by atoms with E-state index in [0.717, 1.165) is 16.7 Å². The summed E-state index contributed by atoms with van der Waals surface area (Å²) in [6.07, 6.45) is 3.57. The number of ketones is 1. The fourth-order valence-electron chi connectivity index (χ4n) is 6.00. The van der Waals surface area contributed by atoms with E-state index in [1.807, 2.05) is 30.3 Å². The normalized spacial score (nSPS) is 17.3. The summed E-state index contributed by atoms with van der Waals surface area (Å²) in [4.78, 5) is 88.7. The van der Waals surface area contributed by atoms with Crippen LogP contribution < -0.4 is 27.4 Å². The number of allylic oxidation sites excluding steroid dienone is 1. The van der Waals surface area contributed by atoms with E-state index in [0.29, 0.717) is 25.7 Å². The number of aliphatic carboxylic acids is 1. The summed E-state index contributed by atoms with van der Waals surface area (Å²) in [6.45, 7) is -1.09. The molecule has 1 aromatic carbocycles. The lowest BCUT2D eigenvalue weighted by Crippen LogP contribution is -2.59. The van der Waals surface area contributed by atoms with Gasteiger partial charge in [-0.15, -0.1) is 0 Å². The number of urea groups is 1. The topological polar surface area (TPSA) is 231 Å². The number of rotatable bonds is 18. The molecular weight excluding hydrogens is 615 g/mol. The Kier molecular flexibility index (Phi) is 13.8. The second-order valence-electron chi connectivity index (χ2n) is 11.8. The van der Waals surface area contributed by atoms with Gasteiger partial charge in [0.2, 0.25) is 17.7 Å². The molecule has 1 aromatic rings. The zero-order valence-corrected chi connectivity index (χ0v) is 26.2. The minimum Gasteiger partial charge on any atom is -0.481 e. The van der Waals surface area contributed by atoms with Gasteiger partial charge in [0.05, 0.1) is 6.04 Å². The number of piperidine rings is 1. The molecule has 0 aromatic heterocycles. The van der Waals surface area contributed by atoms with E-state index < -0.39 is 78.6 Å². The molecule has 0 unspecified atom stereocenters. The summed E-state index contributed by atoms with van der Waals surface area (Å²) >= 11 is 0. The Morgan fingerprint density at radius 3 is 2.43 bits per heavy atom. The number of primary amides is 2. The molecule has 8 N–H and O–H groups in total. The van der Waals surface area contributed by atoms with E-state index in [4.69, 9.17) is 16.6 Å². The summed E-state index contributed by atoms with van der Waals surface area (Å²) < 4.78 is 13.0. The van der Waals surface area contributed by atoms with Gasteiger partial charge in [0.1, 0.15) is 12.1 Å². The summed E-state index contributed by atoms with van der Waals surface area (Å²) in [6, 6.07) is 3.43. The Labute approximate surface area is 271 Å². The van der Waals surface area contributed by atoms with Crippen LogP contribution in [0.5, 0.6) is 0 Å². The van der Waals surface area contributed by atoms with E-state index in [1.54, 1.807) is 0 Å². The minimum absolute atomic E-state index is 0.116. The van der Waals surface area contributed by atoms with Crippen molar-refractivity contribution in [1.29, 1.82) is 0 Å². The van der Waals surface area contributed by atoms with Crippen molar-refractivity contribution in [3.05, 3.63) is 41.5 Å². The first-order chi connectivity index (χ1) is 22.4. The molecular formula is C32H43FN6O8. The van der Waals surface area contributed by atoms with Gasteiger partial charge in [-0.1, -0.05) is 30.3 Å². The van der Waals surface area contributed by atoms with Gasteiger partial charge in [-0.25, -0.2) is 9.18 Å². The lowest BCUT2D eigenvalue weighted by molar-refractivity contribution is -0.146. The average molecular weight is 659 g/mol. The predicted octanol–water partition coefficient (Wildman–Crippen LogP) is 0.710. The maximum atomic E-state index is 13.8. The molecule has 0 radical (unpaired) electrons. The number of fused-ring (bicyclic) bond motifs is 1. The molecule has 2 aliphatic rings. The summed E-state index contributed by atoms with van der Waals surface area (Å²) in [5, 5.41) is 16.6. The van der Waals surface area contributed by atoms with Crippen LogP contribution in [0.4, 0.5) is 9.18 Å². The lowest BCUT2D eigenvalue weighted by Gasteiger charge is -2.37. The zero-order valence-electron chi connectivity index (χ0n) is 26.2. The van der Waals surface area contributed by atoms with E-state index in [9.17, 15) is 38.0 Å². The van der Waals surface area contributed by atoms with Crippen molar-refractivity contribution in [1.82, 2.24) is 20.9 Å². The quantitative estimate of drug-likeness (QED) is 0.123. The monoisotopic (exact) mass is 658 g/mol. The van der Waals surface area contributed by atoms with Crippen LogP contribution in [0.25, 0.3) is 5.57 Å². The van der Waals surface area contributed by atoms with E-state index in [-0.39, 0.29) is 45.2 Å². The number of halogens is 1. The number of Topliss-reactive ketones (excluding diaryl/α,β-unsaturated/α-hetero) is 1. The number of hydrogen-bond donors (Lipinski definition) is 6. The largest absolute Gasteiger partial charge is 0.481 e. The van der Waals surface area contributed by atoms with E-state index in [1.165, 1.54) is 4.90 Å². The summed E-state index contributed by atoms with van der Waals surface area (Å²) in [7, 11) is 0. The molecule has 1 aliphatic carbocycles. The molecule has 1 fully saturated rings. The number of nitrogens with one attached hydrogen (secondary N) is 3. The van der Waals surface area contributed by atoms with Gasteiger partial charge < -0.3 is 37.4 Å². The van der Waals surface area contributed by atoms with Crippen LogP contribution >= 0.6 is 0 Å². The third kappa shape index (κ3) is 10.9. The number of carbonyl (C=O) groups is 7. The standard InChI is InChI=1S/C32H43FN6O8/c33-18-27(41)37-23(12-13-28(42)43)31(46)39-15-4-3-9-25(39)30(45)38-24(16-20-11-10-19-6-1-2-8-22(19)20)26(40)17-21(29(34)44)7-5-14-36-32(35)47/h1-2,6,8,11,21,23-25H,3-5,7,9-10,12-18H2,(H2,34,44)(H,37,41)(H,38,45)(H,42,43)(H3,35,36,47)/t21-,23+,24+,25+/m1/s1. The maximum Gasteiger partial charge on any atom is 0.312 e. The van der Waals surface area contributed by atoms with Crippen LogP contribution in [0.15, 0.2) is 30.3 Å². The molecule has 15 heteroatoms. The van der Waals surface area contributed by atoms with Gasteiger partial charge in [-0.2, -0.15) is 0 Å². The number of nitrogens with two attached hydrogens (primary N) is 2. The third-order valence-corrected chi connectivity index (χ3v) is 8.43. The van der Waals surface area contributed by atoms with Crippen molar-refractivity contribution >= 4 is 47.0 Å². The average Bonchev–Trinajstić information content (AvgIpc) is 3.45. The number of amides is 6. The van der Waals surface area contributed by atoms with Crippen LogP contribution in [0.2, 0.25) is 0 Å². The van der Waals surface area contributed by atoms with Crippen molar-refractivity contribution in [2.45, 2.75) is 82.3 Å². The highest BCUT2D eigenvalue weighted by Crippen LogP contribution is 2.31. The molecule has 1 heterocycles. The van der Waals surface area contributed by atoms with Crippen LogP contribution in [-0.2, 0) is 35.2 Å². The molecule has 6 amide bonds. The van der Waals surface area contributed by atoms with Crippen LogP contribution in [-0.4, -0.2) is 89.3 Å². The molecule has 256 valence electrons. The Morgan fingerprint density at radius 2 is 1.74 bits per heavy atom. The number of nitrogens with zero attached hydrogens (tertiary/aromatic N) is 1. The molecule has 3 rings (SSSR count). The number of likely N-dealkylation sites (tertiary alicyclic amines) is 1. The molecule has 0 saturated carbocycles. The van der Waals surface area contributed by atoms with Gasteiger partial charge in [0.15, 0.2) is 12.5 Å². The van der Waals surface area contributed by atoms with Gasteiger partial charge in [-0.3, -0.25) is 28.8 Å². The number of carboxylic acids is 1. The fourth-order valence-corrected chi connectivity index (χ4v) is 6.00. The van der Waals surface area contributed by atoms with Gasteiger partial charge >= 0.3 is 12.0 Å². The number of benzene rings is 1. The maximum absolute atomic E-state index is 13.8. The highest BCUT2D eigenvalue weighted by atomic mass is 19.1. The Balaban J connectivity index is 1.83. The van der Waals surface area contributed by atoms with Gasteiger partial charge in [0, 0.05) is 38.3 Å². The van der Waals surface area contributed by atoms with E-state index in [2.05, 4.69) is 16.0 Å². The Morgan fingerprint density at radius 1 is 1.00 bits per heavy atom. The molecule has 1 saturated heterocycles. The van der Waals surface area contributed by atoms with E-state index >= 15 is 0 Å². The summed E-state index contributed by atoms with van der Waals surface area (Å²) in [5.41, 5.74) is 13.5. The molecule has 4 atom stereocenters. The second kappa shape index (κ2) is 17.8. The molecule has 47 heavy (non-hydrogen) atoms. The van der Waals surface area contributed by atoms with Crippen molar-refractivity contribution in [3.63, 3.8) is 0 Å². The van der Waals surface area contributed by atoms with Crippen molar-refractivity contribution in [3.8, 4) is 0 Å². The molecule has 0 bridgehead atoms. The number of alkyl halides is 1. The lowest BCUT2D eigenvalue weighted by atomic mass is 9.89. The van der Waals surface area contributed by atoms with Crippen LogP contribution in [0.1, 0.15) is 68.9 Å². The Bertz CT molecular complexity index is 1380. The van der Waals surface area contributed by atoms with Crippen LogP contribution in [0.3, 0.4) is 0 Å². The minimum atomic E-state index is -1.41. The first-order valence-corrected chi connectivity index (χ1v) is 15.7. The molecule has 0 spiro atoms. The predicted molar refractivity (Wildman–Crippen MR) is 168 cm³/mol. The Hall–Kier alpha value is -4.82. The first kappa shape index (κ1) is 36.6. The highest BCUT2D eigenvalue weighted by Gasteiger charge is 2.38. The van der Waals surface area contributed by atoms with Crippen molar-refractivity contribution in [2.75, 3.05) is 19.8 Å². The van der Waals surface area contributed by atoms with Crippen molar-refractivity contribution in [2.24, 2.45) is 17.4 Å². The SMILES string of the molecule is NC(=O)NCCC[C@H](CC(=O)[C@H](CC1=CCc2ccccc21)NC(=O)[C@@H]1CCCCN1C(=O)[C@H](CCC(=O)O)NC(=O)CF)C(N)=O. The fraction of sp³-hybridized carbons (Fsp3) is 0.531. The third-order valence-electron chi connectivity index (χ3n) is 8.43. The zero-order chi connectivity index (χ0) is 34.5. The van der Waals surface area contributed by atoms with Gasteiger partial charge in [0.25, 0.3) is 5.91 Å². The smallest absolute Gasteiger partial charge is 0.312 e. The first-order valence-electron chi connectivity index (χ1n) is 15.7. The number of hydrogen-bond acceptors (Lipinski definition) is 7. The number of carboxylic acid groups (broad SMARTS) is 1. The molecule has 1 aliphatic heterocycles. The van der Waals surface area contributed by atoms with Crippen molar-refractivity contribution < 1.29 is 43.1 Å². The highest BCUT2D eigenvalue weighted by molar-refractivity contribution is 5.97.